The van der Waals surface area contributed by atoms with Crippen molar-refractivity contribution in [3.63, 3.8) is 0 Å². The molecule has 1 saturated heterocycles. The third-order valence-corrected chi connectivity index (χ3v) is 6.69. The Kier molecular flexibility index (Phi) is 7.56. The van der Waals surface area contributed by atoms with Gasteiger partial charge in [0, 0.05) is 7.05 Å². The summed E-state index contributed by atoms with van der Waals surface area (Å²) in [6.07, 6.45) is 2.22. The predicted molar refractivity (Wildman–Crippen MR) is 124 cm³/mol. The predicted octanol–water partition coefficient (Wildman–Crippen LogP) is 5.13. The Morgan fingerprint density at radius 1 is 1.09 bits per heavy atom. The number of hydrogen-bond donors (Lipinski definition) is 1. The molecule has 1 aliphatic heterocycles. The van der Waals surface area contributed by atoms with Crippen molar-refractivity contribution < 1.29 is 19.4 Å². The van der Waals surface area contributed by atoms with Gasteiger partial charge in [-0.2, -0.15) is 0 Å². The molecular formula is C26H34N2O4. The van der Waals surface area contributed by atoms with E-state index in [1.54, 1.807) is 36.2 Å². The Morgan fingerprint density at radius 3 is 2.25 bits per heavy atom. The van der Waals surface area contributed by atoms with Gasteiger partial charge in [-0.05, 0) is 42.5 Å². The molecule has 0 aliphatic carbocycles. The fourth-order valence-corrected chi connectivity index (χ4v) is 4.53. The SMILES string of the molecule is CCCC(c1ccccc1)N(C)C(=O)N1C(=O)C(CC)(CC)C1Oc1ccc(CO)cc1. The van der Waals surface area contributed by atoms with Crippen molar-refractivity contribution in [2.24, 2.45) is 5.41 Å². The van der Waals surface area contributed by atoms with Crippen LogP contribution in [-0.2, 0) is 11.4 Å². The molecule has 1 heterocycles. The van der Waals surface area contributed by atoms with Crippen LogP contribution in [0.4, 0.5) is 4.79 Å². The van der Waals surface area contributed by atoms with Gasteiger partial charge in [0.2, 0.25) is 5.91 Å². The highest BCUT2D eigenvalue weighted by atomic mass is 16.5. The molecule has 32 heavy (non-hydrogen) atoms. The summed E-state index contributed by atoms with van der Waals surface area (Å²) in [5.74, 6) is 0.388. The average molecular weight is 439 g/mol. The van der Waals surface area contributed by atoms with Gasteiger partial charge in [0.1, 0.15) is 11.2 Å². The zero-order valence-corrected chi connectivity index (χ0v) is 19.5. The van der Waals surface area contributed by atoms with Crippen molar-refractivity contribution in [1.82, 2.24) is 9.80 Å². The molecule has 3 amide bonds. The van der Waals surface area contributed by atoms with Crippen molar-refractivity contribution >= 4 is 11.9 Å². The number of rotatable bonds is 9. The van der Waals surface area contributed by atoms with E-state index in [4.69, 9.17) is 4.74 Å². The van der Waals surface area contributed by atoms with Crippen molar-refractivity contribution in [3.8, 4) is 5.75 Å². The highest BCUT2D eigenvalue weighted by Gasteiger charge is 2.63. The number of urea groups is 1. The maximum absolute atomic E-state index is 13.6. The number of carbonyl (C=O) groups is 2. The molecule has 6 nitrogen and oxygen atoms in total. The summed E-state index contributed by atoms with van der Waals surface area (Å²) in [6, 6.07) is 16.5. The molecule has 2 aromatic carbocycles. The highest BCUT2D eigenvalue weighted by Crippen LogP contribution is 2.47. The topological polar surface area (TPSA) is 70.1 Å². The largest absolute Gasteiger partial charge is 0.469 e. The molecular weight excluding hydrogens is 404 g/mol. The van der Waals surface area contributed by atoms with Gasteiger partial charge in [0.25, 0.3) is 0 Å². The van der Waals surface area contributed by atoms with Crippen molar-refractivity contribution in [2.75, 3.05) is 7.05 Å². The summed E-state index contributed by atoms with van der Waals surface area (Å²) in [7, 11) is 1.76. The first kappa shape index (κ1) is 23.8. The number of nitrogens with zero attached hydrogens (tertiary/aromatic N) is 2. The van der Waals surface area contributed by atoms with E-state index in [0.717, 1.165) is 24.0 Å². The Balaban J connectivity index is 1.88. The molecule has 2 aromatic rings. The van der Waals surface area contributed by atoms with Gasteiger partial charge in [-0.25, -0.2) is 9.69 Å². The summed E-state index contributed by atoms with van der Waals surface area (Å²) >= 11 is 0. The monoisotopic (exact) mass is 438 g/mol. The lowest BCUT2D eigenvalue weighted by molar-refractivity contribution is -0.192. The maximum atomic E-state index is 13.6. The lowest BCUT2D eigenvalue weighted by Gasteiger charge is -2.54. The molecule has 0 radical (unpaired) electrons. The molecule has 0 saturated carbocycles. The summed E-state index contributed by atoms with van der Waals surface area (Å²) < 4.78 is 6.22. The third-order valence-electron chi connectivity index (χ3n) is 6.69. The number of likely N-dealkylation sites (tertiary alicyclic amines) is 1. The van der Waals surface area contributed by atoms with Crippen LogP contribution in [0.15, 0.2) is 54.6 Å². The minimum absolute atomic E-state index is 0.0518. The Labute approximate surface area is 190 Å². The number of ether oxygens (including phenoxy) is 1. The van der Waals surface area contributed by atoms with E-state index in [-0.39, 0.29) is 24.6 Å². The van der Waals surface area contributed by atoms with Gasteiger partial charge in [-0.3, -0.25) is 4.79 Å². The van der Waals surface area contributed by atoms with Gasteiger partial charge in [-0.1, -0.05) is 69.7 Å². The smallest absolute Gasteiger partial charge is 0.330 e. The minimum atomic E-state index is -0.723. The summed E-state index contributed by atoms with van der Waals surface area (Å²) in [5.41, 5.74) is 1.10. The first-order valence-corrected chi connectivity index (χ1v) is 11.4. The van der Waals surface area contributed by atoms with Crippen molar-refractivity contribution in [2.45, 2.75) is 65.3 Å². The fourth-order valence-electron chi connectivity index (χ4n) is 4.53. The maximum Gasteiger partial charge on any atom is 0.330 e. The number of aliphatic hydroxyl groups is 1. The molecule has 0 bridgehead atoms. The minimum Gasteiger partial charge on any atom is -0.469 e. The van der Waals surface area contributed by atoms with Crippen molar-refractivity contribution in [3.05, 3.63) is 65.7 Å². The van der Waals surface area contributed by atoms with E-state index >= 15 is 0 Å². The standard InChI is InChI=1S/C26H34N2O4/c1-5-11-22(20-12-9-8-10-13-20)27(4)25(31)28-23(30)26(6-2,7-3)24(28)32-21-16-14-19(18-29)15-17-21/h8-10,12-17,22,24,29H,5-7,11,18H2,1-4H3. The summed E-state index contributed by atoms with van der Waals surface area (Å²) in [6.45, 7) is 5.96. The van der Waals surface area contributed by atoms with Crippen LogP contribution in [0, 0.1) is 5.41 Å². The van der Waals surface area contributed by atoms with Crippen LogP contribution in [0.3, 0.4) is 0 Å². The highest BCUT2D eigenvalue weighted by molar-refractivity contribution is 6.03. The molecule has 2 unspecified atom stereocenters. The van der Waals surface area contributed by atoms with Crippen LogP contribution in [0.2, 0.25) is 0 Å². The van der Waals surface area contributed by atoms with E-state index in [0.29, 0.717) is 18.6 Å². The van der Waals surface area contributed by atoms with Gasteiger partial charge >= 0.3 is 6.03 Å². The molecule has 0 aromatic heterocycles. The van der Waals surface area contributed by atoms with Crippen LogP contribution in [0.5, 0.6) is 5.75 Å². The quantitative estimate of drug-likeness (QED) is 0.551. The van der Waals surface area contributed by atoms with E-state index in [1.807, 2.05) is 44.2 Å². The van der Waals surface area contributed by atoms with Crippen LogP contribution >= 0.6 is 0 Å². The molecule has 0 spiro atoms. The molecule has 3 rings (SSSR count). The zero-order valence-electron chi connectivity index (χ0n) is 19.5. The number of imide groups is 1. The molecule has 172 valence electrons. The number of benzene rings is 2. The number of hydrogen-bond acceptors (Lipinski definition) is 4. The molecule has 2 atom stereocenters. The van der Waals surface area contributed by atoms with Crippen LogP contribution < -0.4 is 4.74 Å². The summed E-state index contributed by atoms with van der Waals surface area (Å²) in [4.78, 5) is 29.8. The van der Waals surface area contributed by atoms with E-state index < -0.39 is 11.6 Å². The normalized spacial score (nSPS) is 18.1. The molecule has 1 N–H and O–H groups in total. The lowest BCUT2D eigenvalue weighted by Crippen LogP contribution is -2.73. The Hall–Kier alpha value is -2.86. The third kappa shape index (κ3) is 4.24. The fraction of sp³-hybridized carbons (Fsp3) is 0.462. The number of β-lactam (4-membered cyclic amide) rings is 1. The second-order valence-corrected chi connectivity index (χ2v) is 8.42. The van der Waals surface area contributed by atoms with E-state index in [9.17, 15) is 14.7 Å². The Bertz CT molecular complexity index is 909. The molecule has 1 aliphatic rings. The van der Waals surface area contributed by atoms with Gasteiger partial charge in [0.05, 0.1) is 12.6 Å². The van der Waals surface area contributed by atoms with Gasteiger partial charge in [-0.15, -0.1) is 0 Å². The van der Waals surface area contributed by atoms with E-state index in [1.165, 1.54) is 4.90 Å². The second kappa shape index (κ2) is 10.2. The summed E-state index contributed by atoms with van der Waals surface area (Å²) in [5, 5.41) is 9.28. The van der Waals surface area contributed by atoms with Crippen LogP contribution in [-0.4, -0.2) is 40.1 Å². The zero-order chi connectivity index (χ0) is 23.3. The lowest BCUT2D eigenvalue weighted by atomic mass is 9.72. The Morgan fingerprint density at radius 2 is 1.72 bits per heavy atom. The van der Waals surface area contributed by atoms with E-state index in [2.05, 4.69) is 6.92 Å². The molecule has 6 heteroatoms. The molecule has 1 fully saturated rings. The van der Waals surface area contributed by atoms with Crippen LogP contribution in [0.1, 0.15) is 63.6 Å². The van der Waals surface area contributed by atoms with Gasteiger partial charge < -0.3 is 14.7 Å². The second-order valence-electron chi connectivity index (χ2n) is 8.42. The van der Waals surface area contributed by atoms with Crippen molar-refractivity contribution in [1.29, 1.82) is 0 Å². The first-order valence-electron chi connectivity index (χ1n) is 11.4. The average Bonchev–Trinajstić information content (AvgIpc) is 2.83. The number of aliphatic hydroxyl groups excluding tert-OH is 1. The number of amides is 3. The first-order chi connectivity index (χ1) is 15.4. The number of carbonyl (C=O) groups excluding carboxylic acids is 2. The van der Waals surface area contributed by atoms with Gasteiger partial charge in [0.15, 0.2) is 6.23 Å². The van der Waals surface area contributed by atoms with Crippen LogP contribution in [0.25, 0.3) is 0 Å².